The SMILES string of the molecule is COc1cc(C(=O)N2CCNC[C@@H]2C)ccc1OCC(=O)NC(C)C.Cl. The van der Waals surface area contributed by atoms with Crippen LogP contribution >= 0.6 is 12.4 Å². The second-order valence-electron chi connectivity index (χ2n) is 6.43. The lowest BCUT2D eigenvalue weighted by atomic mass is 10.1. The Bertz CT molecular complexity index is 624. The van der Waals surface area contributed by atoms with Crippen molar-refractivity contribution in [1.29, 1.82) is 0 Å². The van der Waals surface area contributed by atoms with Crippen LogP contribution in [0.3, 0.4) is 0 Å². The molecule has 0 radical (unpaired) electrons. The summed E-state index contributed by atoms with van der Waals surface area (Å²) in [6.07, 6.45) is 0. The van der Waals surface area contributed by atoms with Gasteiger partial charge in [-0.25, -0.2) is 0 Å². The molecule has 0 aliphatic carbocycles. The summed E-state index contributed by atoms with van der Waals surface area (Å²) in [5.74, 6) is 0.639. The van der Waals surface area contributed by atoms with Gasteiger partial charge in [0.1, 0.15) is 0 Å². The molecular weight excluding hydrogens is 358 g/mol. The van der Waals surface area contributed by atoms with Gasteiger partial charge in [-0.2, -0.15) is 0 Å². The number of benzene rings is 1. The Labute approximate surface area is 160 Å². The first-order valence-electron chi connectivity index (χ1n) is 8.54. The molecule has 0 saturated carbocycles. The van der Waals surface area contributed by atoms with Crippen molar-refractivity contribution >= 4 is 24.2 Å². The molecule has 1 heterocycles. The van der Waals surface area contributed by atoms with Crippen molar-refractivity contribution in [2.24, 2.45) is 0 Å². The van der Waals surface area contributed by atoms with E-state index in [2.05, 4.69) is 10.6 Å². The maximum absolute atomic E-state index is 12.7. The first-order valence-corrected chi connectivity index (χ1v) is 8.54. The van der Waals surface area contributed by atoms with E-state index in [1.54, 1.807) is 18.2 Å². The molecule has 1 aromatic carbocycles. The van der Waals surface area contributed by atoms with E-state index in [0.717, 1.165) is 13.1 Å². The Morgan fingerprint density at radius 2 is 2.08 bits per heavy atom. The maximum Gasteiger partial charge on any atom is 0.258 e. The number of methoxy groups -OCH3 is 1. The predicted molar refractivity (Wildman–Crippen MR) is 102 cm³/mol. The second kappa shape index (κ2) is 10.2. The zero-order valence-electron chi connectivity index (χ0n) is 15.7. The minimum Gasteiger partial charge on any atom is -0.493 e. The molecule has 7 nitrogen and oxygen atoms in total. The van der Waals surface area contributed by atoms with Crippen molar-refractivity contribution in [3.8, 4) is 11.5 Å². The molecule has 8 heteroatoms. The smallest absolute Gasteiger partial charge is 0.258 e. The van der Waals surface area contributed by atoms with Crippen molar-refractivity contribution in [1.82, 2.24) is 15.5 Å². The van der Waals surface area contributed by atoms with E-state index in [1.165, 1.54) is 7.11 Å². The molecular formula is C18H28ClN3O4. The molecule has 1 saturated heterocycles. The predicted octanol–water partition coefficient (Wildman–Crippen LogP) is 1.45. The fourth-order valence-corrected chi connectivity index (χ4v) is 2.74. The summed E-state index contributed by atoms with van der Waals surface area (Å²) in [6, 6.07) is 5.23. The molecule has 0 unspecified atom stereocenters. The van der Waals surface area contributed by atoms with Gasteiger partial charge in [-0.1, -0.05) is 0 Å². The van der Waals surface area contributed by atoms with Crippen LogP contribution in [0.2, 0.25) is 0 Å². The quantitative estimate of drug-likeness (QED) is 0.774. The zero-order valence-corrected chi connectivity index (χ0v) is 16.5. The average Bonchev–Trinajstić information content (AvgIpc) is 2.59. The van der Waals surface area contributed by atoms with Gasteiger partial charge in [-0.05, 0) is 39.0 Å². The van der Waals surface area contributed by atoms with Crippen LogP contribution in [0, 0.1) is 0 Å². The van der Waals surface area contributed by atoms with Crippen LogP contribution in [0.1, 0.15) is 31.1 Å². The van der Waals surface area contributed by atoms with E-state index in [1.807, 2.05) is 25.7 Å². The Morgan fingerprint density at radius 1 is 1.35 bits per heavy atom. The number of ether oxygens (including phenoxy) is 2. The fourth-order valence-electron chi connectivity index (χ4n) is 2.74. The Balaban J connectivity index is 0.00000338. The van der Waals surface area contributed by atoms with Crippen molar-refractivity contribution in [2.75, 3.05) is 33.4 Å². The third kappa shape index (κ3) is 5.78. The van der Waals surface area contributed by atoms with Crippen LogP contribution in [-0.4, -0.2) is 62.1 Å². The fraction of sp³-hybridized carbons (Fsp3) is 0.556. The van der Waals surface area contributed by atoms with Crippen LogP contribution in [0.15, 0.2) is 18.2 Å². The molecule has 2 amide bonds. The summed E-state index contributed by atoms with van der Waals surface area (Å²) < 4.78 is 10.8. The molecule has 26 heavy (non-hydrogen) atoms. The number of nitrogens with one attached hydrogen (secondary N) is 2. The molecule has 1 atom stereocenters. The minimum atomic E-state index is -0.202. The third-order valence-corrected chi connectivity index (χ3v) is 3.98. The van der Waals surface area contributed by atoms with Gasteiger partial charge in [0.25, 0.3) is 11.8 Å². The van der Waals surface area contributed by atoms with Gasteiger partial charge in [0, 0.05) is 37.3 Å². The number of hydrogen-bond acceptors (Lipinski definition) is 5. The first kappa shape index (κ1) is 22.1. The van der Waals surface area contributed by atoms with Crippen LogP contribution in [0.25, 0.3) is 0 Å². The van der Waals surface area contributed by atoms with E-state index >= 15 is 0 Å². The van der Waals surface area contributed by atoms with Crippen molar-refractivity contribution < 1.29 is 19.1 Å². The van der Waals surface area contributed by atoms with Crippen molar-refractivity contribution in [2.45, 2.75) is 32.9 Å². The minimum absolute atomic E-state index is 0. The van der Waals surface area contributed by atoms with E-state index in [4.69, 9.17) is 9.47 Å². The lowest BCUT2D eigenvalue weighted by molar-refractivity contribution is -0.123. The Morgan fingerprint density at radius 3 is 2.69 bits per heavy atom. The molecule has 2 rings (SSSR count). The number of hydrogen-bond donors (Lipinski definition) is 2. The highest BCUT2D eigenvalue weighted by Gasteiger charge is 2.24. The van der Waals surface area contributed by atoms with Gasteiger partial charge < -0.3 is 25.0 Å². The van der Waals surface area contributed by atoms with Gasteiger partial charge in [0.2, 0.25) is 0 Å². The average molecular weight is 386 g/mol. The molecule has 0 aromatic heterocycles. The summed E-state index contributed by atoms with van der Waals surface area (Å²) in [7, 11) is 1.51. The van der Waals surface area contributed by atoms with Gasteiger partial charge in [0.05, 0.1) is 7.11 Å². The normalized spacial score (nSPS) is 16.7. The number of halogens is 1. The number of piperazine rings is 1. The highest BCUT2D eigenvalue weighted by atomic mass is 35.5. The number of amides is 2. The van der Waals surface area contributed by atoms with Gasteiger partial charge in [-0.3, -0.25) is 9.59 Å². The molecule has 0 bridgehead atoms. The van der Waals surface area contributed by atoms with Crippen LogP contribution < -0.4 is 20.1 Å². The zero-order chi connectivity index (χ0) is 18.4. The van der Waals surface area contributed by atoms with Crippen molar-refractivity contribution in [3.05, 3.63) is 23.8 Å². The maximum atomic E-state index is 12.7. The van der Waals surface area contributed by atoms with E-state index < -0.39 is 0 Å². The first-order chi connectivity index (χ1) is 11.9. The molecule has 1 aromatic rings. The molecule has 1 aliphatic heterocycles. The third-order valence-electron chi connectivity index (χ3n) is 3.98. The number of carbonyl (C=O) groups excluding carboxylic acids is 2. The molecule has 0 spiro atoms. The summed E-state index contributed by atoms with van der Waals surface area (Å²) in [5.41, 5.74) is 0.546. The van der Waals surface area contributed by atoms with Crippen LogP contribution in [0.4, 0.5) is 0 Å². The van der Waals surface area contributed by atoms with Crippen molar-refractivity contribution in [3.63, 3.8) is 0 Å². The Hall–Kier alpha value is -1.99. The molecule has 1 fully saturated rings. The molecule has 1 aliphatic rings. The molecule has 146 valence electrons. The highest BCUT2D eigenvalue weighted by Crippen LogP contribution is 2.29. The van der Waals surface area contributed by atoms with Crippen LogP contribution in [-0.2, 0) is 4.79 Å². The molecule has 2 N–H and O–H groups in total. The second-order valence-corrected chi connectivity index (χ2v) is 6.43. The summed E-state index contributed by atoms with van der Waals surface area (Å²) in [6.45, 7) is 7.94. The summed E-state index contributed by atoms with van der Waals surface area (Å²) in [5, 5.41) is 6.02. The number of nitrogens with zero attached hydrogens (tertiary/aromatic N) is 1. The highest BCUT2D eigenvalue weighted by molar-refractivity contribution is 5.95. The number of rotatable bonds is 6. The lowest BCUT2D eigenvalue weighted by Gasteiger charge is -2.34. The van der Waals surface area contributed by atoms with E-state index in [-0.39, 0.29) is 42.9 Å². The Kier molecular flexibility index (Phi) is 8.68. The van der Waals surface area contributed by atoms with Crippen LogP contribution in [0.5, 0.6) is 11.5 Å². The topological polar surface area (TPSA) is 79.9 Å². The van der Waals surface area contributed by atoms with E-state index in [9.17, 15) is 9.59 Å². The monoisotopic (exact) mass is 385 g/mol. The summed E-state index contributed by atoms with van der Waals surface area (Å²) >= 11 is 0. The summed E-state index contributed by atoms with van der Waals surface area (Å²) in [4.78, 5) is 26.3. The van der Waals surface area contributed by atoms with Gasteiger partial charge in [0.15, 0.2) is 18.1 Å². The van der Waals surface area contributed by atoms with Gasteiger partial charge in [-0.15, -0.1) is 12.4 Å². The standard InChI is InChI=1S/C18H27N3O4.ClH/c1-12(2)20-17(22)11-25-15-6-5-14(9-16(15)24-4)18(23)21-8-7-19-10-13(21)3;/h5-6,9,12-13,19H,7-8,10-11H2,1-4H3,(H,20,22);1H/t13-;/m0./s1. The van der Waals surface area contributed by atoms with Gasteiger partial charge >= 0.3 is 0 Å². The lowest BCUT2D eigenvalue weighted by Crippen LogP contribution is -2.52. The number of carbonyl (C=O) groups is 2. The van der Waals surface area contributed by atoms with E-state index in [0.29, 0.717) is 23.6 Å². The largest absolute Gasteiger partial charge is 0.493 e.